The van der Waals surface area contributed by atoms with Crippen LogP contribution in [-0.2, 0) is 9.53 Å². The van der Waals surface area contributed by atoms with E-state index in [1.807, 2.05) is 41.3 Å². The Labute approximate surface area is 311 Å². The third-order valence-electron chi connectivity index (χ3n) is 11.3. The van der Waals surface area contributed by atoms with Gasteiger partial charge < -0.3 is 43.8 Å². The van der Waals surface area contributed by atoms with E-state index in [-0.39, 0.29) is 34.3 Å². The number of nitrogens with zero attached hydrogens (tertiary/aromatic N) is 5. The van der Waals surface area contributed by atoms with Gasteiger partial charge in [-0.1, -0.05) is 18.2 Å². The van der Waals surface area contributed by atoms with Crippen molar-refractivity contribution in [3.63, 3.8) is 0 Å². The van der Waals surface area contributed by atoms with Crippen LogP contribution in [0.25, 0.3) is 38.5 Å². The van der Waals surface area contributed by atoms with Crippen molar-refractivity contribution in [1.82, 2.24) is 29.9 Å². The lowest BCUT2D eigenvalue weighted by Gasteiger charge is -2.32. The summed E-state index contributed by atoms with van der Waals surface area (Å²) in [6.07, 6.45) is 2.57. The predicted molar refractivity (Wildman–Crippen MR) is 204 cm³/mol. The Kier molecular flexibility index (Phi) is 9.21. The molecule has 14 heteroatoms. The van der Waals surface area contributed by atoms with Crippen molar-refractivity contribution in [1.29, 1.82) is 0 Å². The molecule has 6 heterocycles. The summed E-state index contributed by atoms with van der Waals surface area (Å²) in [5, 5.41) is 7.83. The Hall–Kier alpha value is -5.02. The van der Waals surface area contributed by atoms with Gasteiger partial charge in [-0.05, 0) is 31.7 Å². The summed E-state index contributed by atoms with van der Waals surface area (Å²) >= 11 is 0. The van der Waals surface area contributed by atoms with Gasteiger partial charge in [0.2, 0.25) is 11.3 Å². The largest absolute Gasteiger partial charge is 0.456 e. The van der Waals surface area contributed by atoms with Crippen molar-refractivity contribution in [3.05, 3.63) is 70.3 Å². The lowest BCUT2D eigenvalue weighted by Crippen LogP contribution is -2.46. The highest BCUT2D eigenvalue weighted by atomic mass is 19.1. The number of anilines is 1. The van der Waals surface area contributed by atoms with E-state index in [0.717, 1.165) is 50.0 Å². The molecule has 0 bridgehead atoms. The maximum Gasteiger partial charge on any atom is 0.256 e. The topological polar surface area (TPSA) is 125 Å². The molecule has 0 spiro atoms. The molecule has 1 atom stereocenters. The van der Waals surface area contributed by atoms with Crippen LogP contribution in [-0.4, -0.2) is 129 Å². The number of piperazine rings is 1. The fourth-order valence-electron chi connectivity index (χ4n) is 8.24. The number of ether oxygens (including phenoxy) is 2. The van der Waals surface area contributed by atoms with Gasteiger partial charge in [0.1, 0.15) is 27.9 Å². The van der Waals surface area contributed by atoms with E-state index < -0.39 is 17.2 Å². The Balaban J connectivity index is 1.05. The number of furan rings is 1. The first kappa shape index (κ1) is 34.7. The van der Waals surface area contributed by atoms with E-state index in [4.69, 9.17) is 13.9 Å². The third kappa shape index (κ3) is 6.46. The summed E-state index contributed by atoms with van der Waals surface area (Å²) in [5.41, 5.74) is 1.78. The van der Waals surface area contributed by atoms with Crippen LogP contribution >= 0.6 is 0 Å². The number of para-hydroxylation sites is 1. The molecule has 0 radical (unpaired) electrons. The minimum atomic E-state index is -0.633. The number of nitrogens with one attached hydrogen (secondary N) is 2. The second kappa shape index (κ2) is 14.3. The zero-order chi connectivity index (χ0) is 36.9. The van der Waals surface area contributed by atoms with Crippen LogP contribution < -0.4 is 25.7 Å². The van der Waals surface area contributed by atoms with E-state index in [9.17, 15) is 14.4 Å². The first-order valence-electron chi connectivity index (χ1n) is 18.9. The highest BCUT2D eigenvalue weighted by Gasteiger charge is 2.34. The molecular weight excluding hydrogens is 693 g/mol. The van der Waals surface area contributed by atoms with Crippen molar-refractivity contribution in [2.75, 3.05) is 97.2 Å². The van der Waals surface area contributed by atoms with Crippen LogP contribution in [0.4, 0.5) is 10.1 Å². The number of amides is 2. The number of aromatic nitrogens is 1. The zero-order valence-electron chi connectivity index (χ0n) is 30.4. The Morgan fingerprint density at radius 3 is 2.54 bits per heavy atom. The quantitative estimate of drug-likeness (QED) is 0.228. The van der Waals surface area contributed by atoms with Gasteiger partial charge in [0, 0.05) is 107 Å². The van der Waals surface area contributed by atoms with Crippen LogP contribution in [0.2, 0.25) is 0 Å². The van der Waals surface area contributed by atoms with Crippen LogP contribution in [0.1, 0.15) is 23.2 Å². The van der Waals surface area contributed by atoms with Crippen molar-refractivity contribution in [3.8, 4) is 17.2 Å². The number of benzene rings is 3. The van der Waals surface area contributed by atoms with Crippen molar-refractivity contribution in [2.45, 2.75) is 18.9 Å². The number of carbonyl (C=O) groups excluding carboxylic acids is 2. The number of halogens is 1. The zero-order valence-corrected chi connectivity index (χ0v) is 30.4. The van der Waals surface area contributed by atoms with Gasteiger partial charge in [-0.15, -0.1) is 0 Å². The fourth-order valence-corrected chi connectivity index (χ4v) is 8.24. The Morgan fingerprint density at radius 1 is 0.907 bits per heavy atom. The van der Waals surface area contributed by atoms with Crippen LogP contribution in [0.15, 0.2) is 57.9 Å². The molecule has 2 N–H and O–H groups in total. The second-order valence-corrected chi connectivity index (χ2v) is 14.8. The Bertz CT molecular complexity index is 2330. The number of hydrogen-bond donors (Lipinski definition) is 2. The number of carbonyl (C=O) groups is 2. The number of hydrogen-bond acceptors (Lipinski definition) is 10. The number of rotatable bonds is 9. The average molecular weight is 738 g/mol. The molecule has 282 valence electrons. The summed E-state index contributed by atoms with van der Waals surface area (Å²) in [6, 6.07) is 12.4. The lowest BCUT2D eigenvalue weighted by atomic mass is 10.0. The monoisotopic (exact) mass is 737 g/mol. The molecule has 0 unspecified atom stereocenters. The van der Waals surface area contributed by atoms with Gasteiger partial charge in [-0.2, -0.15) is 0 Å². The smallest absolute Gasteiger partial charge is 0.256 e. The van der Waals surface area contributed by atoms with Crippen molar-refractivity contribution >= 4 is 50.3 Å². The fraction of sp³-hybridized carbons (Fsp3) is 0.425. The van der Waals surface area contributed by atoms with Gasteiger partial charge in [0.05, 0.1) is 24.3 Å². The highest BCUT2D eigenvalue weighted by Crippen LogP contribution is 2.49. The van der Waals surface area contributed by atoms with Crippen LogP contribution in [0.5, 0.6) is 11.5 Å². The molecule has 4 aliphatic rings. The number of likely N-dealkylation sites (N-methyl/N-ethyl adjacent to an activating group) is 1. The molecule has 0 aliphatic carbocycles. The lowest BCUT2D eigenvalue weighted by molar-refractivity contribution is -0.122. The van der Waals surface area contributed by atoms with Gasteiger partial charge >= 0.3 is 0 Å². The van der Waals surface area contributed by atoms with Crippen molar-refractivity contribution < 1.29 is 27.9 Å². The maximum atomic E-state index is 16.5. The minimum absolute atomic E-state index is 0.0211. The van der Waals surface area contributed by atoms with E-state index in [1.54, 1.807) is 4.57 Å². The second-order valence-electron chi connectivity index (χ2n) is 14.8. The van der Waals surface area contributed by atoms with E-state index in [0.29, 0.717) is 86.9 Å². The van der Waals surface area contributed by atoms with Gasteiger partial charge in [-0.3, -0.25) is 19.3 Å². The summed E-state index contributed by atoms with van der Waals surface area (Å²) < 4.78 is 36.5. The third-order valence-corrected chi connectivity index (χ3v) is 11.3. The van der Waals surface area contributed by atoms with Crippen LogP contribution in [0.3, 0.4) is 0 Å². The number of morpholine rings is 1. The molecule has 13 nitrogen and oxygen atoms in total. The normalized spacial score (nSPS) is 19.4. The molecule has 3 aromatic carbocycles. The molecule has 0 saturated carbocycles. The summed E-state index contributed by atoms with van der Waals surface area (Å²) in [7, 11) is 2.11. The van der Waals surface area contributed by atoms with Crippen LogP contribution in [0, 0.1) is 5.82 Å². The van der Waals surface area contributed by atoms with Gasteiger partial charge in [0.15, 0.2) is 17.3 Å². The minimum Gasteiger partial charge on any atom is -0.456 e. The highest BCUT2D eigenvalue weighted by molar-refractivity contribution is 6.07. The summed E-state index contributed by atoms with van der Waals surface area (Å²) in [6.45, 7) is 9.24. The average Bonchev–Trinajstić information content (AvgIpc) is 3.79. The molecule has 5 aromatic rings. The molecule has 3 fully saturated rings. The SMILES string of the molecule is CN1CCN(CCC(=O)N[C@@H]2CCN(c3c(F)cc4c(=O)c(C(=O)NCCN5CCOCC5)cn5c4c3Oc3cc4c(cc3-5)oc3ccccc34)C2)CC1. The molecule has 4 aliphatic heterocycles. The maximum absolute atomic E-state index is 16.5. The van der Waals surface area contributed by atoms with Gasteiger partial charge in [-0.25, -0.2) is 4.39 Å². The molecule has 9 rings (SSSR count). The first-order chi connectivity index (χ1) is 26.3. The number of pyridine rings is 1. The summed E-state index contributed by atoms with van der Waals surface area (Å²) in [4.78, 5) is 49.4. The summed E-state index contributed by atoms with van der Waals surface area (Å²) in [5.74, 6) is -0.555. The van der Waals surface area contributed by atoms with Crippen molar-refractivity contribution in [2.24, 2.45) is 0 Å². The molecule has 2 aromatic heterocycles. The van der Waals surface area contributed by atoms with Gasteiger partial charge in [0.25, 0.3) is 5.91 Å². The molecule has 3 saturated heterocycles. The first-order valence-corrected chi connectivity index (χ1v) is 18.9. The molecular formula is C40H44FN7O6. The molecule has 54 heavy (non-hydrogen) atoms. The number of fused-ring (bicyclic) bond motifs is 5. The standard InChI is InChI=1S/C40H44FN7O6/c1-44-12-14-45(15-13-44)9-7-35(49)43-25-6-10-47(23-25)37-30(41)20-28-36-39(37)54-34-21-27-26-4-2-3-5-32(26)53-33(27)22-31(34)48(36)24-29(38(28)50)40(51)42-8-11-46-16-18-52-19-17-46/h2-5,20-22,24-25H,6-19,23H2,1H3,(H,42,51)(H,43,49)/t25-/m1/s1. The van der Waals surface area contributed by atoms with E-state index >= 15 is 4.39 Å². The molecule has 2 amide bonds. The van der Waals surface area contributed by atoms with E-state index in [2.05, 4.69) is 32.4 Å². The predicted octanol–water partition coefficient (Wildman–Crippen LogP) is 3.53. The van der Waals surface area contributed by atoms with E-state index in [1.165, 1.54) is 12.3 Å². The Morgan fingerprint density at radius 2 is 1.70 bits per heavy atom.